The zero-order valence-corrected chi connectivity index (χ0v) is 8.89. The van der Waals surface area contributed by atoms with Gasteiger partial charge in [-0.3, -0.25) is 14.5 Å². The molecule has 0 radical (unpaired) electrons. The Kier molecular flexibility index (Phi) is 3.05. The standard InChI is InChI=1S/C11H14N2O3/c12-3-4-13-10(14)6-8(7-11(13)15)9-2-1-5-16-9/h1-2,5,8H,3-4,6-7,12H2. The number of hydrogen-bond acceptors (Lipinski definition) is 4. The Morgan fingerprint density at radius 2 is 2.06 bits per heavy atom. The maximum Gasteiger partial charge on any atom is 0.229 e. The van der Waals surface area contributed by atoms with E-state index in [1.807, 2.05) is 0 Å². The molecule has 1 aliphatic heterocycles. The summed E-state index contributed by atoms with van der Waals surface area (Å²) in [5.74, 6) is 0.254. The van der Waals surface area contributed by atoms with E-state index in [4.69, 9.17) is 10.2 Å². The minimum atomic E-state index is -0.164. The Hall–Kier alpha value is -1.62. The second kappa shape index (κ2) is 4.49. The van der Waals surface area contributed by atoms with E-state index in [0.29, 0.717) is 31.7 Å². The first-order valence-corrected chi connectivity index (χ1v) is 5.29. The van der Waals surface area contributed by atoms with Crippen molar-refractivity contribution < 1.29 is 14.0 Å². The summed E-state index contributed by atoms with van der Waals surface area (Å²) in [6, 6.07) is 3.56. The molecular formula is C11H14N2O3. The molecule has 0 unspecified atom stereocenters. The highest BCUT2D eigenvalue weighted by Crippen LogP contribution is 2.29. The molecular weight excluding hydrogens is 208 g/mol. The van der Waals surface area contributed by atoms with Crippen molar-refractivity contribution in [1.29, 1.82) is 0 Å². The van der Waals surface area contributed by atoms with Gasteiger partial charge >= 0.3 is 0 Å². The second-order valence-corrected chi connectivity index (χ2v) is 3.85. The monoisotopic (exact) mass is 222 g/mol. The van der Waals surface area contributed by atoms with Crippen LogP contribution in [0.4, 0.5) is 0 Å². The van der Waals surface area contributed by atoms with Crippen LogP contribution in [0.2, 0.25) is 0 Å². The van der Waals surface area contributed by atoms with Crippen molar-refractivity contribution in [3.63, 3.8) is 0 Å². The lowest BCUT2D eigenvalue weighted by Gasteiger charge is -2.28. The number of imide groups is 1. The lowest BCUT2D eigenvalue weighted by molar-refractivity contribution is -0.148. The van der Waals surface area contributed by atoms with Crippen molar-refractivity contribution in [3.05, 3.63) is 24.2 Å². The Morgan fingerprint density at radius 3 is 2.56 bits per heavy atom. The van der Waals surface area contributed by atoms with E-state index in [2.05, 4.69) is 0 Å². The van der Waals surface area contributed by atoms with Gasteiger partial charge in [0.25, 0.3) is 0 Å². The number of amides is 2. The van der Waals surface area contributed by atoms with Crippen LogP contribution in [0.5, 0.6) is 0 Å². The Bertz CT molecular complexity index is 368. The van der Waals surface area contributed by atoms with Crippen molar-refractivity contribution in [2.45, 2.75) is 18.8 Å². The quantitative estimate of drug-likeness (QED) is 0.754. The van der Waals surface area contributed by atoms with Crippen molar-refractivity contribution in [2.24, 2.45) is 5.73 Å². The number of carbonyl (C=O) groups is 2. The van der Waals surface area contributed by atoms with E-state index in [1.54, 1.807) is 18.4 Å². The summed E-state index contributed by atoms with van der Waals surface area (Å²) >= 11 is 0. The van der Waals surface area contributed by atoms with Crippen molar-refractivity contribution in [3.8, 4) is 0 Å². The maximum atomic E-state index is 11.7. The summed E-state index contributed by atoms with van der Waals surface area (Å²) in [6.07, 6.45) is 2.19. The summed E-state index contributed by atoms with van der Waals surface area (Å²) in [7, 11) is 0. The van der Waals surface area contributed by atoms with Gasteiger partial charge in [-0.2, -0.15) is 0 Å². The van der Waals surface area contributed by atoms with Crippen LogP contribution in [0.15, 0.2) is 22.8 Å². The Balaban J connectivity index is 2.09. The molecule has 1 saturated heterocycles. The largest absolute Gasteiger partial charge is 0.469 e. The van der Waals surface area contributed by atoms with Gasteiger partial charge in [0.2, 0.25) is 11.8 Å². The van der Waals surface area contributed by atoms with Crippen LogP contribution in [0.1, 0.15) is 24.5 Å². The molecule has 2 N–H and O–H groups in total. The number of hydrogen-bond donors (Lipinski definition) is 1. The summed E-state index contributed by atoms with van der Waals surface area (Å²) in [5.41, 5.74) is 5.35. The summed E-state index contributed by atoms with van der Waals surface area (Å²) in [4.78, 5) is 24.7. The molecule has 0 spiro atoms. The van der Waals surface area contributed by atoms with Gasteiger partial charge < -0.3 is 10.2 Å². The molecule has 1 aromatic rings. The fourth-order valence-electron chi connectivity index (χ4n) is 1.96. The number of likely N-dealkylation sites (tertiary alicyclic amines) is 1. The Morgan fingerprint density at radius 1 is 1.38 bits per heavy atom. The average Bonchev–Trinajstić information content (AvgIpc) is 2.76. The van der Waals surface area contributed by atoms with E-state index < -0.39 is 0 Å². The van der Waals surface area contributed by atoms with Gasteiger partial charge in [-0.05, 0) is 12.1 Å². The number of nitrogens with two attached hydrogens (primary N) is 1. The molecule has 16 heavy (non-hydrogen) atoms. The van der Waals surface area contributed by atoms with Crippen molar-refractivity contribution >= 4 is 11.8 Å². The maximum absolute atomic E-state index is 11.7. The first-order chi connectivity index (χ1) is 7.72. The highest BCUT2D eigenvalue weighted by atomic mass is 16.3. The summed E-state index contributed by atoms with van der Waals surface area (Å²) < 4.78 is 5.22. The van der Waals surface area contributed by atoms with E-state index >= 15 is 0 Å². The van der Waals surface area contributed by atoms with Crippen LogP contribution in [-0.4, -0.2) is 29.8 Å². The molecule has 86 valence electrons. The number of nitrogens with zero attached hydrogens (tertiary/aromatic N) is 1. The summed E-state index contributed by atoms with van der Waals surface area (Å²) in [5, 5.41) is 0. The van der Waals surface area contributed by atoms with E-state index in [9.17, 15) is 9.59 Å². The highest BCUT2D eigenvalue weighted by molar-refractivity contribution is 5.98. The topological polar surface area (TPSA) is 76.5 Å². The SMILES string of the molecule is NCCN1C(=O)CC(c2ccco2)CC1=O. The zero-order chi connectivity index (χ0) is 11.5. The molecule has 2 rings (SSSR count). The molecule has 5 heteroatoms. The number of piperidine rings is 1. The number of furan rings is 1. The first kappa shape index (κ1) is 10.9. The summed E-state index contributed by atoms with van der Waals surface area (Å²) in [6.45, 7) is 0.617. The first-order valence-electron chi connectivity index (χ1n) is 5.29. The lowest BCUT2D eigenvalue weighted by atomic mass is 9.93. The van der Waals surface area contributed by atoms with E-state index in [-0.39, 0.29) is 17.7 Å². The van der Waals surface area contributed by atoms with Crippen LogP contribution in [0, 0.1) is 0 Å². The van der Waals surface area contributed by atoms with Crippen LogP contribution >= 0.6 is 0 Å². The van der Waals surface area contributed by atoms with Gasteiger partial charge in [-0.15, -0.1) is 0 Å². The molecule has 1 fully saturated rings. The fraction of sp³-hybridized carbons (Fsp3) is 0.455. The van der Waals surface area contributed by atoms with Gasteiger partial charge in [-0.25, -0.2) is 0 Å². The van der Waals surface area contributed by atoms with Gasteiger partial charge in [0.15, 0.2) is 0 Å². The molecule has 2 amide bonds. The molecule has 0 bridgehead atoms. The number of carbonyl (C=O) groups excluding carboxylic acids is 2. The Labute approximate surface area is 93.2 Å². The third-order valence-electron chi connectivity index (χ3n) is 2.74. The van der Waals surface area contributed by atoms with Crippen LogP contribution in [0.3, 0.4) is 0 Å². The van der Waals surface area contributed by atoms with Crippen molar-refractivity contribution in [1.82, 2.24) is 4.90 Å². The lowest BCUT2D eigenvalue weighted by Crippen LogP contribution is -2.44. The average molecular weight is 222 g/mol. The van der Waals surface area contributed by atoms with Crippen LogP contribution in [0.25, 0.3) is 0 Å². The smallest absolute Gasteiger partial charge is 0.229 e. The predicted molar refractivity (Wildman–Crippen MR) is 56.5 cm³/mol. The molecule has 1 aliphatic rings. The predicted octanol–water partition coefficient (Wildman–Crippen LogP) is 0.471. The number of rotatable bonds is 3. The van der Waals surface area contributed by atoms with Gasteiger partial charge in [0.05, 0.1) is 6.26 Å². The molecule has 0 saturated carbocycles. The van der Waals surface area contributed by atoms with Gasteiger partial charge in [0.1, 0.15) is 5.76 Å². The molecule has 5 nitrogen and oxygen atoms in total. The molecule has 0 atom stereocenters. The second-order valence-electron chi connectivity index (χ2n) is 3.85. The third kappa shape index (κ3) is 1.99. The molecule has 2 heterocycles. The van der Waals surface area contributed by atoms with E-state index in [0.717, 1.165) is 0 Å². The molecule has 1 aromatic heterocycles. The van der Waals surface area contributed by atoms with Gasteiger partial charge in [-0.1, -0.05) is 0 Å². The fourth-order valence-corrected chi connectivity index (χ4v) is 1.96. The van der Waals surface area contributed by atoms with Crippen molar-refractivity contribution in [2.75, 3.05) is 13.1 Å². The normalized spacial score (nSPS) is 18.2. The highest BCUT2D eigenvalue weighted by Gasteiger charge is 2.33. The van der Waals surface area contributed by atoms with Crippen LogP contribution in [-0.2, 0) is 9.59 Å². The van der Waals surface area contributed by atoms with Gasteiger partial charge in [0, 0.05) is 31.8 Å². The minimum Gasteiger partial charge on any atom is -0.469 e. The zero-order valence-electron chi connectivity index (χ0n) is 8.89. The molecule has 0 aliphatic carbocycles. The van der Waals surface area contributed by atoms with E-state index in [1.165, 1.54) is 4.90 Å². The van der Waals surface area contributed by atoms with Crippen LogP contribution < -0.4 is 5.73 Å². The molecule has 0 aromatic carbocycles. The third-order valence-corrected chi connectivity index (χ3v) is 2.74. The minimum absolute atomic E-state index is 0.121.